The Kier molecular flexibility index (Phi) is 3.03. The fraction of sp³-hybridized carbons (Fsp3) is 0.700. The maximum Gasteiger partial charge on any atom is 0.208 e. The van der Waals surface area contributed by atoms with Crippen molar-refractivity contribution in [2.45, 2.75) is 32.2 Å². The van der Waals surface area contributed by atoms with Gasteiger partial charge in [0, 0.05) is 5.92 Å². The summed E-state index contributed by atoms with van der Waals surface area (Å²) in [6, 6.07) is 0. The molecule has 6 heteroatoms. The van der Waals surface area contributed by atoms with E-state index < -0.39 is 9.84 Å². The number of nitrogens with zero attached hydrogens (tertiary/aromatic N) is 1. The van der Waals surface area contributed by atoms with Crippen molar-refractivity contribution in [1.29, 1.82) is 0 Å². The summed E-state index contributed by atoms with van der Waals surface area (Å²) in [7, 11) is -2.82. The van der Waals surface area contributed by atoms with Crippen molar-refractivity contribution in [1.82, 2.24) is 4.98 Å². The van der Waals surface area contributed by atoms with E-state index in [1.54, 1.807) is 0 Å². The van der Waals surface area contributed by atoms with E-state index in [0.29, 0.717) is 18.7 Å². The number of hydrogen-bond donors (Lipinski definition) is 1. The summed E-state index contributed by atoms with van der Waals surface area (Å²) in [5.74, 6) is 2.00. The lowest BCUT2D eigenvalue weighted by Crippen LogP contribution is -2.22. The molecule has 1 fully saturated rings. The van der Waals surface area contributed by atoms with Gasteiger partial charge >= 0.3 is 0 Å². The molecule has 0 aromatic carbocycles. The Bertz CT molecular complexity index is 464. The first-order valence-corrected chi connectivity index (χ1v) is 7.20. The zero-order valence-corrected chi connectivity index (χ0v) is 10.1. The number of rotatable bonds is 2. The van der Waals surface area contributed by atoms with Crippen molar-refractivity contribution in [2.75, 3.05) is 11.5 Å². The second kappa shape index (κ2) is 4.18. The number of hydrogen-bond acceptors (Lipinski definition) is 5. The van der Waals surface area contributed by atoms with Crippen LogP contribution in [0.5, 0.6) is 0 Å². The molecule has 2 N–H and O–H groups in total. The molecule has 0 aliphatic carbocycles. The lowest BCUT2D eigenvalue weighted by atomic mass is 9.98. The third kappa shape index (κ3) is 2.27. The van der Waals surface area contributed by atoms with E-state index in [2.05, 4.69) is 4.98 Å². The monoisotopic (exact) mass is 244 g/mol. The van der Waals surface area contributed by atoms with E-state index in [9.17, 15) is 8.42 Å². The SMILES string of the molecule is Cc1oc(CN)nc1C1CCS(=O)(=O)CC1. The molecule has 90 valence electrons. The number of aromatic nitrogens is 1. The van der Waals surface area contributed by atoms with Gasteiger partial charge in [0.2, 0.25) is 5.89 Å². The summed E-state index contributed by atoms with van der Waals surface area (Å²) in [6.45, 7) is 2.14. The van der Waals surface area contributed by atoms with Crippen LogP contribution in [-0.2, 0) is 16.4 Å². The van der Waals surface area contributed by atoms with Crippen LogP contribution in [0.15, 0.2) is 4.42 Å². The molecule has 1 aromatic rings. The largest absolute Gasteiger partial charge is 0.444 e. The minimum absolute atomic E-state index is 0.201. The molecule has 0 radical (unpaired) electrons. The summed E-state index contributed by atoms with van der Waals surface area (Å²) in [6.07, 6.45) is 1.28. The van der Waals surface area contributed by atoms with E-state index in [1.165, 1.54) is 0 Å². The molecule has 2 rings (SSSR count). The molecule has 1 saturated heterocycles. The molecular formula is C10H16N2O3S. The molecule has 2 heterocycles. The predicted octanol–water partition coefficient (Wildman–Crippen LogP) is 0.734. The van der Waals surface area contributed by atoms with Crippen LogP contribution in [0.2, 0.25) is 0 Å². The van der Waals surface area contributed by atoms with Crippen LogP contribution in [-0.4, -0.2) is 24.9 Å². The molecular weight excluding hydrogens is 228 g/mol. The van der Waals surface area contributed by atoms with Crippen molar-refractivity contribution >= 4 is 9.84 Å². The van der Waals surface area contributed by atoms with Gasteiger partial charge in [-0.05, 0) is 19.8 Å². The second-order valence-electron chi connectivity index (χ2n) is 4.18. The maximum atomic E-state index is 11.3. The van der Waals surface area contributed by atoms with Crippen molar-refractivity contribution in [3.05, 3.63) is 17.3 Å². The Labute approximate surface area is 95.0 Å². The first-order chi connectivity index (χ1) is 7.52. The van der Waals surface area contributed by atoms with Crippen molar-refractivity contribution in [3.8, 4) is 0 Å². The zero-order chi connectivity index (χ0) is 11.8. The summed E-state index contributed by atoms with van der Waals surface area (Å²) in [4.78, 5) is 4.31. The summed E-state index contributed by atoms with van der Waals surface area (Å²) in [5, 5.41) is 0. The van der Waals surface area contributed by atoms with Gasteiger partial charge in [0.1, 0.15) is 15.6 Å². The van der Waals surface area contributed by atoms with Crippen LogP contribution in [0.4, 0.5) is 0 Å². The average Bonchev–Trinajstić information content (AvgIpc) is 2.60. The highest BCUT2D eigenvalue weighted by Crippen LogP contribution is 2.30. The highest BCUT2D eigenvalue weighted by atomic mass is 32.2. The molecule has 5 nitrogen and oxygen atoms in total. The molecule has 0 unspecified atom stereocenters. The highest BCUT2D eigenvalue weighted by molar-refractivity contribution is 7.91. The Morgan fingerprint density at radius 1 is 1.44 bits per heavy atom. The molecule has 0 amide bonds. The first-order valence-electron chi connectivity index (χ1n) is 5.38. The van der Waals surface area contributed by atoms with Gasteiger partial charge in [0.05, 0.1) is 23.7 Å². The molecule has 1 aliphatic rings. The molecule has 16 heavy (non-hydrogen) atoms. The molecule has 0 bridgehead atoms. The molecule has 1 aliphatic heterocycles. The highest BCUT2D eigenvalue weighted by Gasteiger charge is 2.28. The van der Waals surface area contributed by atoms with E-state index in [-0.39, 0.29) is 24.0 Å². The molecule has 0 spiro atoms. The molecule has 0 saturated carbocycles. The Balaban J connectivity index is 2.16. The van der Waals surface area contributed by atoms with Crippen molar-refractivity contribution < 1.29 is 12.8 Å². The fourth-order valence-electron chi connectivity index (χ4n) is 2.09. The standard InChI is InChI=1S/C10H16N2O3S/c1-7-10(12-9(6-11)15-7)8-2-4-16(13,14)5-3-8/h8H,2-6,11H2,1H3. The van der Waals surface area contributed by atoms with Gasteiger partial charge in [-0.2, -0.15) is 0 Å². The smallest absolute Gasteiger partial charge is 0.208 e. The van der Waals surface area contributed by atoms with Crippen LogP contribution in [0, 0.1) is 6.92 Å². The summed E-state index contributed by atoms with van der Waals surface area (Å²) < 4.78 is 28.0. The third-order valence-corrected chi connectivity index (χ3v) is 4.71. The van der Waals surface area contributed by atoms with Crippen LogP contribution in [0.1, 0.15) is 36.1 Å². The topological polar surface area (TPSA) is 86.2 Å². The van der Waals surface area contributed by atoms with E-state index in [1.807, 2.05) is 6.92 Å². The predicted molar refractivity (Wildman–Crippen MR) is 59.8 cm³/mol. The van der Waals surface area contributed by atoms with Gasteiger partial charge in [-0.25, -0.2) is 13.4 Å². The molecule has 1 aromatic heterocycles. The summed E-state index contributed by atoms with van der Waals surface area (Å²) >= 11 is 0. The third-order valence-electron chi connectivity index (χ3n) is 2.99. The average molecular weight is 244 g/mol. The number of sulfone groups is 1. The van der Waals surface area contributed by atoms with Gasteiger partial charge < -0.3 is 10.2 Å². The van der Waals surface area contributed by atoms with Gasteiger partial charge in [-0.15, -0.1) is 0 Å². The van der Waals surface area contributed by atoms with Crippen molar-refractivity contribution in [3.63, 3.8) is 0 Å². The number of oxazole rings is 1. The minimum atomic E-state index is -2.82. The lowest BCUT2D eigenvalue weighted by Gasteiger charge is -2.20. The first kappa shape index (κ1) is 11.6. The van der Waals surface area contributed by atoms with E-state index in [4.69, 9.17) is 10.2 Å². The number of nitrogens with two attached hydrogens (primary N) is 1. The van der Waals surface area contributed by atoms with Crippen LogP contribution < -0.4 is 5.73 Å². The number of aryl methyl sites for hydroxylation is 1. The van der Waals surface area contributed by atoms with Gasteiger partial charge in [-0.3, -0.25) is 0 Å². The van der Waals surface area contributed by atoms with E-state index >= 15 is 0 Å². The molecule has 0 atom stereocenters. The van der Waals surface area contributed by atoms with Gasteiger partial charge in [0.15, 0.2) is 0 Å². The normalized spacial score (nSPS) is 21.1. The summed E-state index contributed by atoms with van der Waals surface area (Å²) in [5.41, 5.74) is 6.34. The van der Waals surface area contributed by atoms with E-state index in [0.717, 1.165) is 11.5 Å². The quantitative estimate of drug-likeness (QED) is 0.829. The lowest BCUT2D eigenvalue weighted by molar-refractivity contribution is 0.469. The Morgan fingerprint density at radius 3 is 2.56 bits per heavy atom. The van der Waals surface area contributed by atoms with Crippen molar-refractivity contribution in [2.24, 2.45) is 5.73 Å². The maximum absolute atomic E-state index is 11.3. The fourth-order valence-corrected chi connectivity index (χ4v) is 3.59. The van der Waals surface area contributed by atoms with Gasteiger partial charge in [0.25, 0.3) is 0 Å². The van der Waals surface area contributed by atoms with Crippen LogP contribution >= 0.6 is 0 Å². The Hall–Kier alpha value is -0.880. The second-order valence-corrected chi connectivity index (χ2v) is 6.48. The van der Waals surface area contributed by atoms with Gasteiger partial charge in [-0.1, -0.05) is 0 Å². The Morgan fingerprint density at radius 2 is 2.06 bits per heavy atom. The minimum Gasteiger partial charge on any atom is -0.444 e. The zero-order valence-electron chi connectivity index (χ0n) is 9.27. The van der Waals surface area contributed by atoms with Crippen LogP contribution in [0.3, 0.4) is 0 Å². The van der Waals surface area contributed by atoms with Crippen LogP contribution in [0.25, 0.3) is 0 Å².